The first-order valence-corrected chi connectivity index (χ1v) is 8.24. The molecule has 1 heterocycles. The maximum Gasteiger partial charge on any atom is 0.227 e. The number of halogens is 1. The SMILES string of the molecule is CCCCCCCC(=O)N1c2ccc(F)cc2CCC1C. The van der Waals surface area contributed by atoms with Gasteiger partial charge in [0.2, 0.25) is 5.91 Å². The molecule has 1 amide bonds. The first kappa shape index (κ1) is 16.0. The average molecular weight is 291 g/mol. The largest absolute Gasteiger partial charge is 0.309 e. The Kier molecular flexibility index (Phi) is 5.77. The number of fused-ring (bicyclic) bond motifs is 1. The van der Waals surface area contributed by atoms with Crippen molar-refractivity contribution in [3.8, 4) is 0 Å². The topological polar surface area (TPSA) is 20.3 Å². The molecule has 0 spiro atoms. The van der Waals surface area contributed by atoms with Crippen LogP contribution in [0, 0.1) is 5.82 Å². The molecule has 1 aromatic rings. The number of carbonyl (C=O) groups excluding carboxylic acids is 1. The predicted molar refractivity (Wildman–Crippen MR) is 85.0 cm³/mol. The molecule has 1 unspecified atom stereocenters. The fourth-order valence-electron chi connectivity index (χ4n) is 3.10. The molecule has 3 heteroatoms. The predicted octanol–water partition coefficient (Wildman–Crippen LogP) is 4.85. The molecule has 1 atom stereocenters. The van der Waals surface area contributed by atoms with Gasteiger partial charge in [-0.05, 0) is 49.9 Å². The third kappa shape index (κ3) is 4.05. The summed E-state index contributed by atoms with van der Waals surface area (Å²) in [5.41, 5.74) is 1.88. The standard InChI is InChI=1S/C18H26FNO/c1-3-4-5-6-7-8-18(21)20-14(2)9-10-15-13-16(19)11-12-17(15)20/h11-14H,3-10H2,1-2H3. The Morgan fingerprint density at radius 1 is 1.29 bits per heavy atom. The van der Waals surface area contributed by atoms with E-state index in [1.54, 1.807) is 12.1 Å². The smallest absolute Gasteiger partial charge is 0.227 e. The molecule has 21 heavy (non-hydrogen) atoms. The van der Waals surface area contributed by atoms with Crippen molar-refractivity contribution in [2.45, 2.75) is 71.3 Å². The molecule has 116 valence electrons. The zero-order chi connectivity index (χ0) is 15.2. The van der Waals surface area contributed by atoms with Crippen molar-refractivity contribution >= 4 is 11.6 Å². The fraction of sp³-hybridized carbons (Fsp3) is 0.611. The number of carbonyl (C=O) groups is 1. The molecule has 0 aliphatic carbocycles. The molecule has 1 aromatic carbocycles. The minimum Gasteiger partial charge on any atom is -0.309 e. The summed E-state index contributed by atoms with van der Waals surface area (Å²) in [5, 5.41) is 0. The van der Waals surface area contributed by atoms with Crippen LogP contribution in [0.2, 0.25) is 0 Å². The van der Waals surface area contributed by atoms with E-state index in [0.29, 0.717) is 6.42 Å². The molecule has 0 bridgehead atoms. The molecule has 0 aromatic heterocycles. The minimum atomic E-state index is -0.213. The molecule has 2 nitrogen and oxygen atoms in total. The monoisotopic (exact) mass is 291 g/mol. The van der Waals surface area contributed by atoms with Gasteiger partial charge in [0.25, 0.3) is 0 Å². The van der Waals surface area contributed by atoms with E-state index in [1.165, 1.54) is 25.3 Å². The van der Waals surface area contributed by atoms with Crippen molar-refractivity contribution < 1.29 is 9.18 Å². The van der Waals surface area contributed by atoms with E-state index in [9.17, 15) is 9.18 Å². The Bertz CT molecular complexity index is 486. The van der Waals surface area contributed by atoms with Crippen molar-refractivity contribution in [2.75, 3.05) is 4.90 Å². The number of hydrogen-bond donors (Lipinski definition) is 0. The second-order valence-electron chi connectivity index (χ2n) is 6.09. The van der Waals surface area contributed by atoms with E-state index in [4.69, 9.17) is 0 Å². The van der Waals surface area contributed by atoms with Gasteiger partial charge in [-0.3, -0.25) is 4.79 Å². The normalized spacial score (nSPS) is 17.7. The Balaban J connectivity index is 2.00. The summed E-state index contributed by atoms with van der Waals surface area (Å²) in [6.07, 6.45) is 8.13. The van der Waals surface area contributed by atoms with Gasteiger partial charge < -0.3 is 4.90 Å². The van der Waals surface area contributed by atoms with Gasteiger partial charge in [0.15, 0.2) is 0 Å². The Hall–Kier alpha value is -1.38. The van der Waals surface area contributed by atoms with E-state index in [2.05, 4.69) is 13.8 Å². The van der Waals surface area contributed by atoms with Crippen LogP contribution in [0.25, 0.3) is 0 Å². The lowest BCUT2D eigenvalue weighted by atomic mass is 9.95. The van der Waals surface area contributed by atoms with Crippen LogP contribution in [-0.4, -0.2) is 11.9 Å². The molecule has 0 radical (unpaired) electrons. The number of unbranched alkanes of at least 4 members (excludes halogenated alkanes) is 4. The van der Waals surface area contributed by atoms with Gasteiger partial charge in [-0.1, -0.05) is 32.6 Å². The Morgan fingerprint density at radius 2 is 2.05 bits per heavy atom. The zero-order valence-corrected chi connectivity index (χ0v) is 13.2. The maximum absolute atomic E-state index is 13.3. The second-order valence-corrected chi connectivity index (χ2v) is 6.09. The molecule has 0 N–H and O–H groups in total. The number of aryl methyl sites for hydroxylation is 1. The van der Waals surface area contributed by atoms with Crippen LogP contribution in [0.1, 0.15) is 64.4 Å². The number of amides is 1. The lowest BCUT2D eigenvalue weighted by molar-refractivity contribution is -0.119. The van der Waals surface area contributed by atoms with Gasteiger partial charge in [0.05, 0.1) is 0 Å². The third-order valence-corrected chi connectivity index (χ3v) is 4.34. The van der Waals surface area contributed by atoms with Gasteiger partial charge in [-0.15, -0.1) is 0 Å². The fourth-order valence-corrected chi connectivity index (χ4v) is 3.10. The molecule has 1 aliphatic heterocycles. The van der Waals surface area contributed by atoms with Gasteiger partial charge in [-0.2, -0.15) is 0 Å². The molecular weight excluding hydrogens is 265 g/mol. The van der Waals surface area contributed by atoms with Crippen LogP contribution in [0.15, 0.2) is 18.2 Å². The van der Waals surface area contributed by atoms with E-state index in [-0.39, 0.29) is 17.8 Å². The van der Waals surface area contributed by atoms with Crippen LogP contribution in [-0.2, 0) is 11.2 Å². The summed E-state index contributed by atoms with van der Waals surface area (Å²) in [7, 11) is 0. The van der Waals surface area contributed by atoms with Crippen LogP contribution in [0.4, 0.5) is 10.1 Å². The molecule has 2 rings (SSSR count). The van der Waals surface area contributed by atoms with Crippen molar-refractivity contribution in [1.29, 1.82) is 0 Å². The summed E-state index contributed by atoms with van der Waals surface area (Å²) in [6.45, 7) is 4.28. The van der Waals surface area contributed by atoms with Crippen molar-refractivity contribution in [2.24, 2.45) is 0 Å². The molecule has 0 saturated carbocycles. The van der Waals surface area contributed by atoms with Crippen molar-refractivity contribution in [3.63, 3.8) is 0 Å². The van der Waals surface area contributed by atoms with Crippen molar-refractivity contribution in [1.82, 2.24) is 0 Å². The molecule has 1 aliphatic rings. The van der Waals surface area contributed by atoms with E-state index in [1.807, 2.05) is 4.90 Å². The Morgan fingerprint density at radius 3 is 2.81 bits per heavy atom. The van der Waals surface area contributed by atoms with E-state index < -0.39 is 0 Å². The second kappa shape index (κ2) is 7.58. The highest BCUT2D eigenvalue weighted by molar-refractivity contribution is 5.95. The van der Waals surface area contributed by atoms with E-state index in [0.717, 1.165) is 36.9 Å². The number of benzene rings is 1. The minimum absolute atomic E-state index is 0.187. The number of nitrogens with zero attached hydrogens (tertiary/aromatic N) is 1. The van der Waals surface area contributed by atoms with Crippen LogP contribution in [0.5, 0.6) is 0 Å². The van der Waals surface area contributed by atoms with Crippen LogP contribution < -0.4 is 4.90 Å². The maximum atomic E-state index is 13.3. The lowest BCUT2D eigenvalue weighted by Crippen LogP contribution is -2.42. The summed E-state index contributed by atoms with van der Waals surface area (Å²) in [5.74, 6) is -0.0261. The quantitative estimate of drug-likeness (QED) is 0.686. The third-order valence-electron chi connectivity index (χ3n) is 4.34. The van der Waals surface area contributed by atoms with Gasteiger partial charge in [0, 0.05) is 18.2 Å². The lowest BCUT2D eigenvalue weighted by Gasteiger charge is -2.35. The average Bonchev–Trinajstić information content (AvgIpc) is 2.47. The van der Waals surface area contributed by atoms with Gasteiger partial charge in [0.1, 0.15) is 5.82 Å². The summed E-state index contributed by atoms with van der Waals surface area (Å²) < 4.78 is 13.3. The highest BCUT2D eigenvalue weighted by atomic mass is 19.1. The Labute approximate surface area is 127 Å². The first-order chi connectivity index (χ1) is 10.1. The molecule has 0 saturated heterocycles. The van der Waals surface area contributed by atoms with E-state index >= 15 is 0 Å². The number of hydrogen-bond acceptors (Lipinski definition) is 1. The van der Waals surface area contributed by atoms with Gasteiger partial charge in [-0.25, -0.2) is 4.39 Å². The number of rotatable bonds is 6. The highest BCUT2D eigenvalue weighted by Gasteiger charge is 2.27. The van der Waals surface area contributed by atoms with Crippen LogP contribution >= 0.6 is 0 Å². The molecular formula is C18H26FNO. The van der Waals surface area contributed by atoms with Crippen LogP contribution in [0.3, 0.4) is 0 Å². The van der Waals surface area contributed by atoms with Gasteiger partial charge >= 0.3 is 0 Å². The first-order valence-electron chi connectivity index (χ1n) is 8.24. The van der Waals surface area contributed by atoms with Crippen molar-refractivity contribution in [3.05, 3.63) is 29.6 Å². The number of anilines is 1. The zero-order valence-electron chi connectivity index (χ0n) is 13.2. The summed E-state index contributed by atoms with van der Waals surface area (Å²) in [6, 6.07) is 5.00. The summed E-state index contributed by atoms with van der Waals surface area (Å²) >= 11 is 0. The molecule has 0 fully saturated rings. The highest BCUT2D eigenvalue weighted by Crippen LogP contribution is 2.32. The summed E-state index contributed by atoms with van der Waals surface area (Å²) in [4.78, 5) is 14.4.